The van der Waals surface area contributed by atoms with Crippen LogP contribution in [0.2, 0.25) is 0 Å². The number of ether oxygens (including phenoxy) is 1. The van der Waals surface area contributed by atoms with Crippen molar-refractivity contribution in [2.75, 3.05) is 0 Å². The Kier molecular flexibility index (Phi) is 6.32. The van der Waals surface area contributed by atoms with Gasteiger partial charge >= 0.3 is 0 Å². The van der Waals surface area contributed by atoms with E-state index in [1.54, 1.807) is 11.0 Å². The number of aromatic nitrogens is 1. The number of imide groups is 1. The molecule has 0 radical (unpaired) electrons. The molecule has 1 unspecified atom stereocenters. The number of rotatable bonds is 6. The summed E-state index contributed by atoms with van der Waals surface area (Å²) in [5.41, 5.74) is 3.49. The van der Waals surface area contributed by atoms with Gasteiger partial charge in [-0.15, -0.1) is 0 Å². The number of piperidine rings is 1. The summed E-state index contributed by atoms with van der Waals surface area (Å²) in [6.07, 6.45) is 4.95. The van der Waals surface area contributed by atoms with Crippen LogP contribution in [0.15, 0.2) is 36.4 Å². The summed E-state index contributed by atoms with van der Waals surface area (Å²) in [6, 6.07) is 11.2. The third kappa shape index (κ3) is 4.68. The molecule has 3 atom stereocenters. The van der Waals surface area contributed by atoms with Crippen LogP contribution in [-0.4, -0.2) is 45.8 Å². The predicted molar refractivity (Wildman–Crippen MR) is 125 cm³/mol. The van der Waals surface area contributed by atoms with Gasteiger partial charge in [0.05, 0.1) is 5.69 Å². The number of hydrogen-bond donors (Lipinski definition) is 2. The Bertz CT molecular complexity index is 1120. The van der Waals surface area contributed by atoms with Gasteiger partial charge in [-0.05, 0) is 68.5 Å². The van der Waals surface area contributed by atoms with Gasteiger partial charge in [0.2, 0.25) is 11.8 Å². The van der Waals surface area contributed by atoms with Crippen LogP contribution in [0, 0.1) is 6.92 Å². The van der Waals surface area contributed by atoms with E-state index in [9.17, 15) is 14.4 Å². The summed E-state index contributed by atoms with van der Waals surface area (Å²) < 4.78 is 6.42. The number of pyridine rings is 1. The van der Waals surface area contributed by atoms with Gasteiger partial charge in [0.15, 0.2) is 0 Å². The van der Waals surface area contributed by atoms with E-state index in [0.29, 0.717) is 25.1 Å². The average Bonchev–Trinajstić information content (AvgIpc) is 3.14. The number of amides is 3. The van der Waals surface area contributed by atoms with Gasteiger partial charge in [0.25, 0.3) is 5.91 Å². The van der Waals surface area contributed by atoms with Crippen molar-refractivity contribution in [1.82, 2.24) is 20.5 Å². The first kappa shape index (κ1) is 22.5. The van der Waals surface area contributed by atoms with Gasteiger partial charge in [-0.2, -0.15) is 0 Å². The molecule has 178 valence electrons. The number of aryl methyl sites for hydroxylation is 1. The lowest BCUT2D eigenvalue weighted by molar-refractivity contribution is -0.136. The molecule has 2 fully saturated rings. The maximum atomic E-state index is 12.9. The number of hydrogen-bond acceptors (Lipinski definition) is 6. The minimum Gasteiger partial charge on any atom is -0.489 e. The van der Waals surface area contributed by atoms with Crippen LogP contribution in [0.25, 0.3) is 0 Å². The van der Waals surface area contributed by atoms with Crippen LogP contribution >= 0.6 is 0 Å². The molecule has 1 saturated carbocycles. The van der Waals surface area contributed by atoms with Crippen molar-refractivity contribution in [2.45, 2.75) is 76.7 Å². The highest BCUT2D eigenvalue weighted by molar-refractivity contribution is 6.05. The molecule has 2 aromatic rings. The summed E-state index contributed by atoms with van der Waals surface area (Å²) in [7, 11) is 0. The van der Waals surface area contributed by atoms with E-state index in [2.05, 4.69) is 15.6 Å². The average molecular weight is 463 g/mol. The van der Waals surface area contributed by atoms with Crippen molar-refractivity contribution < 1.29 is 19.1 Å². The number of nitrogens with zero attached hydrogens (tertiary/aromatic N) is 2. The van der Waals surface area contributed by atoms with Crippen molar-refractivity contribution in [3.63, 3.8) is 0 Å². The van der Waals surface area contributed by atoms with Crippen LogP contribution in [0.3, 0.4) is 0 Å². The molecule has 5 rings (SSSR count). The molecule has 2 aliphatic heterocycles. The van der Waals surface area contributed by atoms with E-state index in [0.717, 1.165) is 42.0 Å². The third-order valence-corrected chi connectivity index (χ3v) is 6.98. The SMILES string of the molecule is Cc1cccc(CN[C@H]2CCCC[C@@H]2Oc2ccc3c(c2)CN(C2CCC(=O)NC2=O)C3=O)n1. The van der Waals surface area contributed by atoms with Crippen LogP contribution in [0.1, 0.15) is 65.8 Å². The first-order valence-corrected chi connectivity index (χ1v) is 12.1. The molecular formula is C26H30N4O4. The summed E-state index contributed by atoms with van der Waals surface area (Å²) in [4.78, 5) is 42.8. The second kappa shape index (κ2) is 9.54. The minimum atomic E-state index is -0.607. The molecule has 8 nitrogen and oxygen atoms in total. The van der Waals surface area contributed by atoms with E-state index in [1.165, 1.54) is 6.42 Å². The topological polar surface area (TPSA) is 101 Å². The highest BCUT2D eigenvalue weighted by Gasteiger charge is 2.39. The highest BCUT2D eigenvalue weighted by Crippen LogP contribution is 2.32. The summed E-state index contributed by atoms with van der Waals surface area (Å²) in [5, 5.41) is 5.97. The van der Waals surface area contributed by atoms with Crippen LogP contribution < -0.4 is 15.4 Å². The molecule has 1 aromatic carbocycles. The van der Waals surface area contributed by atoms with E-state index < -0.39 is 11.9 Å². The molecule has 3 heterocycles. The summed E-state index contributed by atoms with van der Waals surface area (Å²) in [5.74, 6) is -0.106. The first-order chi connectivity index (χ1) is 16.5. The molecule has 3 aliphatic rings. The zero-order chi connectivity index (χ0) is 23.7. The fraction of sp³-hybridized carbons (Fsp3) is 0.462. The van der Waals surface area contributed by atoms with E-state index in [4.69, 9.17) is 4.74 Å². The van der Waals surface area contributed by atoms with Gasteiger partial charge in [0.1, 0.15) is 17.9 Å². The Morgan fingerprint density at radius 2 is 1.97 bits per heavy atom. The lowest BCUT2D eigenvalue weighted by Gasteiger charge is -2.32. The minimum absolute atomic E-state index is 0.0416. The molecule has 3 amide bonds. The maximum absolute atomic E-state index is 12.9. The van der Waals surface area contributed by atoms with Gasteiger partial charge in [-0.25, -0.2) is 0 Å². The van der Waals surface area contributed by atoms with Gasteiger partial charge in [0, 0.05) is 36.8 Å². The molecule has 0 spiro atoms. The quantitative estimate of drug-likeness (QED) is 0.640. The lowest BCUT2D eigenvalue weighted by atomic mass is 9.92. The Morgan fingerprint density at radius 1 is 1.12 bits per heavy atom. The second-order valence-corrected chi connectivity index (χ2v) is 9.42. The Balaban J connectivity index is 1.25. The van der Waals surface area contributed by atoms with Crippen LogP contribution in [0.5, 0.6) is 5.75 Å². The van der Waals surface area contributed by atoms with Crippen molar-refractivity contribution >= 4 is 17.7 Å². The molecule has 1 aromatic heterocycles. The molecule has 1 saturated heterocycles. The Morgan fingerprint density at radius 3 is 2.79 bits per heavy atom. The summed E-state index contributed by atoms with van der Waals surface area (Å²) in [6.45, 7) is 3.05. The predicted octanol–water partition coefficient (Wildman–Crippen LogP) is 2.63. The van der Waals surface area contributed by atoms with Gasteiger partial charge in [-0.1, -0.05) is 12.5 Å². The van der Waals surface area contributed by atoms with Crippen molar-refractivity contribution in [1.29, 1.82) is 0 Å². The molecule has 2 N–H and O–H groups in total. The number of benzene rings is 1. The van der Waals surface area contributed by atoms with Crippen LogP contribution in [-0.2, 0) is 22.7 Å². The van der Waals surface area contributed by atoms with Crippen molar-refractivity contribution in [3.8, 4) is 5.75 Å². The smallest absolute Gasteiger partial charge is 0.255 e. The van der Waals surface area contributed by atoms with E-state index in [-0.39, 0.29) is 30.4 Å². The molecule has 34 heavy (non-hydrogen) atoms. The first-order valence-electron chi connectivity index (χ1n) is 12.1. The lowest BCUT2D eigenvalue weighted by Crippen LogP contribution is -2.52. The summed E-state index contributed by atoms with van der Waals surface area (Å²) >= 11 is 0. The van der Waals surface area contributed by atoms with Crippen LogP contribution in [0.4, 0.5) is 0 Å². The van der Waals surface area contributed by atoms with E-state index in [1.807, 2.05) is 37.3 Å². The molecule has 8 heteroatoms. The Hall–Kier alpha value is -3.26. The fourth-order valence-electron chi connectivity index (χ4n) is 5.20. The largest absolute Gasteiger partial charge is 0.489 e. The number of fused-ring (bicyclic) bond motifs is 1. The number of carbonyl (C=O) groups is 3. The molecule has 1 aliphatic carbocycles. The van der Waals surface area contributed by atoms with Gasteiger partial charge in [-0.3, -0.25) is 24.7 Å². The van der Waals surface area contributed by atoms with E-state index >= 15 is 0 Å². The standard InChI is InChI=1S/C26H30N4O4/c1-16-5-4-6-18(28-16)14-27-21-7-2-3-8-23(21)34-19-9-10-20-17(13-19)15-30(26(20)33)22-11-12-24(31)29-25(22)32/h4-6,9-10,13,21-23,27H,2-3,7-8,11-12,14-15H2,1H3,(H,29,31,32)/t21-,22?,23-/m0/s1. The zero-order valence-electron chi connectivity index (χ0n) is 19.4. The Labute approximate surface area is 199 Å². The van der Waals surface area contributed by atoms with Crippen molar-refractivity contribution in [2.24, 2.45) is 0 Å². The zero-order valence-corrected chi connectivity index (χ0v) is 19.4. The fourth-order valence-corrected chi connectivity index (χ4v) is 5.20. The molecular weight excluding hydrogens is 432 g/mol. The number of carbonyl (C=O) groups excluding carboxylic acids is 3. The van der Waals surface area contributed by atoms with Gasteiger partial charge < -0.3 is 15.0 Å². The third-order valence-electron chi connectivity index (χ3n) is 6.98. The highest BCUT2D eigenvalue weighted by atomic mass is 16.5. The number of nitrogens with one attached hydrogen (secondary N) is 2. The maximum Gasteiger partial charge on any atom is 0.255 e. The second-order valence-electron chi connectivity index (χ2n) is 9.42. The molecule has 0 bridgehead atoms. The monoisotopic (exact) mass is 462 g/mol. The van der Waals surface area contributed by atoms with Crippen molar-refractivity contribution in [3.05, 3.63) is 58.9 Å². The normalized spacial score (nSPS) is 24.7.